The number of allylic oxidation sites excluding steroid dienone is 1. The summed E-state index contributed by atoms with van der Waals surface area (Å²) in [5.41, 5.74) is 5.58. The van der Waals surface area contributed by atoms with Crippen LogP contribution in [-0.2, 0) is 0 Å². The third-order valence-corrected chi connectivity index (χ3v) is 6.38. The average Bonchev–Trinajstić information content (AvgIpc) is 3.19. The molecule has 0 bridgehead atoms. The lowest BCUT2D eigenvalue weighted by molar-refractivity contribution is 0.670. The van der Waals surface area contributed by atoms with Crippen molar-refractivity contribution in [3.05, 3.63) is 75.6 Å². The number of furan rings is 1. The van der Waals surface area contributed by atoms with Crippen LogP contribution in [0.2, 0.25) is 0 Å². The van der Waals surface area contributed by atoms with Crippen LogP contribution in [0.1, 0.15) is 17.4 Å². The van der Waals surface area contributed by atoms with Crippen LogP contribution in [0.5, 0.6) is 0 Å². The number of aryl methyl sites for hydroxylation is 1. The number of hydrogen-bond donors (Lipinski definition) is 0. The first-order valence-corrected chi connectivity index (χ1v) is 10.5. The molecule has 2 aromatic heterocycles. The molecule has 0 N–H and O–H groups in total. The fourth-order valence-corrected chi connectivity index (χ4v) is 5.20. The first-order valence-electron chi connectivity index (χ1n) is 8.90. The fraction of sp³-hybridized carbons (Fsp3) is 0.0833. The molecule has 0 saturated heterocycles. The van der Waals surface area contributed by atoms with Crippen LogP contribution in [0.25, 0.3) is 49.2 Å². The molecule has 0 fully saturated rings. The summed E-state index contributed by atoms with van der Waals surface area (Å²) in [4.78, 5) is 1.33. The van der Waals surface area contributed by atoms with E-state index in [1.54, 1.807) is 0 Å². The van der Waals surface area contributed by atoms with Crippen LogP contribution >= 0.6 is 27.3 Å². The van der Waals surface area contributed by atoms with Crippen molar-refractivity contribution in [3.63, 3.8) is 0 Å². The van der Waals surface area contributed by atoms with E-state index in [4.69, 9.17) is 4.42 Å². The molecule has 27 heavy (non-hydrogen) atoms. The number of thiophene rings is 1. The molecule has 3 heteroatoms. The topological polar surface area (TPSA) is 13.1 Å². The van der Waals surface area contributed by atoms with Gasteiger partial charge in [-0.1, -0.05) is 70.5 Å². The van der Waals surface area contributed by atoms with E-state index in [0.29, 0.717) is 0 Å². The smallest absolute Gasteiger partial charge is 0.143 e. The molecule has 0 radical (unpaired) electrons. The van der Waals surface area contributed by atoms with Gasteiger partial charge in [0.1, 0.15) is 11.2 Å². The number of rotatable bonds is 2. The van der Waals surface area contributed by atoms with Crippen molar-refractivity contribution in [2.75, 3.05) is 0 Å². The predicted octanol–water partition coefficient (Wildman–Crippen LogP) is 8.53. The molecule has 0 aliphatic rings. The highest BCUT2D eigenvalue weighted by Crippen LogP contribution is 2.42. The van der Waals surface area contributed by atoms with Gasteiger partial charge in [0.2, 0.25) is 0 Å². The summed E-state index contributed by atoms with van der Waals surface area (Å²) in [6.07, 6.45) is 2.21. The maximum Gasteiger partial charge on any atom is 0.143 e. The summed E-state index contributed by atoms with van der Waals surface area (Å²) in [6.45, 7) is 4.26. The van der Waals surface area contributed by atoms with Gasteiger partial charge < -0.3 is 4.42 Å². The van der Waals surface area contributed by atoms with Crippen LogP contribution in [0.15, 0.2) is 69.6 Å². The fourth-order valence-electron chi connectivity index (χ4n) is 3.81. The number of benzene rings is 3. The Balaban J connectivity index is 1.86. The van der Waals surface area contributed by atoms with E-state index in [2.05, 4.69) is 84.4 Å². The Morgan fingerprint density at radius 3 is 2.41 bits per heavy atom. The average molecular weight is 433 g/mol. The lowest BCUT2D eigenvalue weighted by Gasteiger charge is -2.05. The van der Waals surface area contributed by atoms with Gasteiger partial charge in [-0.3, -0.25) is 0 Å². The Hall–Kier alpha value is -2.36. The molecule has 0 amide bonds. The highest BCUT2D eigenvalue weighted by Gasteiger charge is 2.16. The van der Waals surface area contributed by atoms with E-state index in [0.717, 1.165) is 21.2 Å². The van der Waals surface area contributed by atoms with E-state index in [1.807, 2.05) is 23.5 Å². The summed E-state index contributed by atoms with van der Waals surface area (Å²) in [5, 5.41) is 3.63. The molecule has 0 atom stereocenters. The first kappa shape index (κ1) is 16.8. The summed E-state index contributed by atoms with van der Waals surface area (Å²) in [5.74, 6) is 0. The van der Waals surface area contributed by atoms with Crippen LogP contribution < -0.4 is 0 Å². The predicted molar refractivity (Wildman–Crippen MR) is 122 cm³/mol. The van der Waals surface area contributed by atoms with Gasteiger partial charge in [-0.15, -0.1) is 11.3 Å². The highest BCUT2D eigenvalue weighted by atomic mass is 79.9. The zero-order valence-corrected chi connectivity index (χ0v) is 17.4. The second kappa shape index (κ2) is 6.36. The summed E-state index contributed by atoms with van der Waals surface area (Å²) >= 11 is 5.43. The van der Waals surface area contributed by atoms with Crippen molar-refractivity contribution in [2.45, 2.75) is 13.8 Å². The second-order valence-corrected chi connectivity index (χ2v) is 9.24. The molecule has 3 aromatic carbocycles. The quantitative estimate of drug-likeness (QED) is 0.272. The molecule has 132 valence electrons. The normalized spacial score (nSPS) is 12.5. The minimum Gasteiger partial charge on any atom is -0.455 e. The van der Waals surface area contributed by atoms with E-state index >= 15 is 0 Å². The minimum absolute atomic E-state index is 0.938. The number of halogens is 1. The van der Waals surface area contributed by atoms with Crippen LogP contribution in [0, 0.1) is 6.92 Å². The van der Waals surface area contributed by atoms with Gasteiger partial charge in [-0.25, -0.2) is 0 Å². The van der Waals surface area contributed by atoms with Gasteiger partial charge in [-0.2, -0.15) is 0 Å². The number of fused-ring (bicyclic) bond motifs is 4. The molecule has 0 unspecified atom stereocenters. The second-order valence-electron chi connectivity index (χ2n) is 6.77. The van der Waals surface area contributed by atoms with Crippen molar-refractivity contribution >= 4 is 65.4 Å². The Labute approximate surface area is 170 Å². The van der Waals surface area contributed by atoms with Crippen LogP contribution in [-0.4, -0.2) is 0 Å². The lowest BCUT2D eigenvalue weighted by Crippen LogP contribution is -1.80. The molecular weight excluding hydrogens is 416 g/mol. The molecule has 0 saturated carbocycles. The Morgan fingerprint density at radius 1 is 0.889 bits per heavy atom. The van der Waals surface area contributed by atoms with Crippen molar-refractivity contribution in [3.8, 4) is 11.1 Å². The highest BCUT2D eigenvalue weighted by molar-refractivity contribution is 9.11. The van der Waals surface area contributed by atoms with Gasteiger partial charge in [-0.05, 0) is 36.0 Å². The van der Waals surface area contributed by atoms with Crippen molar-refractivity contribution in [1.82, 2.24) is 0 Å². The van der Waals surface area contributed by atoms with Gasteiger partial charge in [0.05, 0.1) is 0 Å². The van der Waals surface area contributed by atoms with Crippen molar-refractivity contribution < 1.29 is 4.42 Å². The summed E-state index contributed by atoms with van der Waals surface area (Å²) in [7, 11) is 0. The van der Waals surface area contributed by atoms with E-state index in [9.17, 15) is 0 Å². The minimum atomic E-state index is 0.938. The Bertz CT molecular complexity index is 1350. The molecule has 0 aliphatic heterocycles. The number of para-hydroxylation sites is 2. The van der Waals surface area contributed by atoms with Crippen molar-refractivity contribution in [1.29, 1.82) is 0 Å². The van der Waals surface area contributed by atoms with Crippen LogP contribution in [0.4, 0.5) is 0 Å². The molecule has 5 rings (SSSR count). The standard InChI is InChI=1S/C24H17BrOS/c1-14(25)13-21-15(2)27-24-19(10-6-11-20(21)24)18-9-5-8-17-16-7-3-4-12-22(16)26-23(17)18/h3-13H,1-2H3/b14-13+. The molecule has 5 aromatic rings. The third kappa shape index (κ3) is 2.65. The maximum absolute atomic E-state index is 6.27. The maximum atomic E-state index is 6.27. The number of hydrogen-bond acceptors (Lipinski definition) is 2. The Kier molecular flexibility index (Phi) is 3.96. The van der Waals surface area contributed by atoms with Gasteiger partial charge in [0.15, 0.2) is 0 Å². The zero-order valence-electron chi connectivity index (χ0n) is 15.0. The summed E-state index contributed by atoms with van der Waals surface area (Å²) in [6, 6.07) is 21.3. The monoisotopic (exact) mass is 432 g/mol. The van der Waals surface area contributed by atoms with E-state index in [-0.39, 0.29) is 0 Å². The SMILES string of the molecule is C/C(Br)=C\c1c(C)sc2c(-c3cccc4c3oc3ccccc34)cccc12. The first-order chi connectivity index (χ1) is 13.1. The Morgan fingerprint density at radius 2 is 1.59 bits per heavy atom. The van der Waals surface area contributed by atoms with E-state index in [1.165, 1.54) is 36.9 Å². The molecule has 1 nitrogen and oxygen atoms in total. The van der Waals surface area contributed by atoms with Gasteiger partial charge in [0, 0.05) is 36.9 Å². The van der Waals surface area contributed by atoms with E-state index < -0.39 is 0 Å². The molecule has 0 spiro atoms. The van der Waals surface area contributed by atoms with Gasteiger partial charge >= 0.3 is 0 Å². The zero-order chi connectivity index (χ0) is 18.5. The molecule has 0 aliphatic carbocycles. The molecule has 2 heterocycles. The summed E-state index contributed by atoms with van der Waals surface area (Å²) < 4.78 is 8.72. The largest absolute Gasteiger partial charge is 0.455 e. The molecular formula is C24H17BrOS. The van der Waals surface area contributed by atoms with Crippen molar-refractivity contribution in [2.24, 2.45) is 0 Å². The third-order valence-electron chi connectivity index (χ3n) is 4.98. The van der Waals surface area contributed by atoms with Gasteiger partial charge in [0.25, 0.3) is 0 Å². The lowest BCUT2D eigenvalue weighted by atomic mass is 9.99. The van der Waals surface area contributed by atoms with Crippen LogP contribution in [0.3, 0.4) is 0 Å².